The van der Waals surface area contributed by atoms with E-state index in [1.165, 1.54) is 0 Å². The monoisotopic (exact) mass is 333 g/mol. The molecule has 0 aliphatic carbocycles. The molecule has 1 radical (unpaired) electrons. The van der Waals surface area contributed by atoms with Crippen LogP contribution in [0.2, 0.25) is 0 Å². The maximum Gasteiger partial charge on any atom is 2.00 e. The fraction of sp³-hybridized carbons (Fsp3) is 0. The summed E-state index contributed by atoms with van der Waals surface area (Å²) in [6, 6.07) is 0. The van der Waals surface area contributed by atoms with Crippen molar-refractivity contribution < 1.29 is 68.6 Å². The minimum Gasteiger partial charge on any atom is -0.894 e. The predicted molar refractivity (Wildman–Crippen MR) is 11.5 cm³/mol. The Morgan fingerprint density at radius 1 is 0.857 bits per heavy atom. The molecule has 7 heteroatoms. The van der Waals surface area contributed by atoms with Gasteiger partial charge in [-0.2, -0.15) is 0 Å². The minimum absolute atomic E-state index is 0. The van der Waals surface area contributed by atoms with Crippen molar-refractivity contribution >= 4 is 54.5 Å². The SMILES string of the molecule is [Eu+2].[O-][Si]([O-])([O-])[O-].[Sr+2]. The molecule has 0 unspecified atom stereocenters. The van der Waals surface area contributed by atoms with Crippen LogP contribution in [0, 0.1) is 49.4 Å². The Morgan fingerprint density at radius 2 is 0.857 bits per heavy atom. The van der Waals surface area contributed by atoms with E-state index in [9.17, 15) is 0 Å². The molecule has 0 heterocycles. The Balaban J connectivity index is -0.0000000800. The molecule has 0 saturated heterocycles. The van der Waals surface area contributed by atoms with Gasteiger partial charge in [0.2, 0.25) is 0 Å². The van der Waals surface area contributed by atoms with E-state index in [0.29, 0.717) is 0 Å². The van der Waals surface area contributed by atoms with Crippen LogP contribution in [-0.4, -0.2) is 54.5 Å². The topological polar surface area (TPSA) is 92.2 Å². The summed E-state index contributed by atoms with van der Waals surface area (Å²) in [6.07, 6.45) is 0. The van der Waals surface area contributed by atoms with E-state index >= 15 is 0 Å². The van der Waals surface area contributed by atoms with Gasteiger partial charge in [-0.05, 0) is 0 Å². The fourth-order valence-corrected chi connectivity index (χ4v) is 0. The van der Waals surface area contributed by atoms with Gasteiger partial charge in [-0.15, -0.1) is 0 Å². The Hall–Kier alpha value is 3.12. The molecule has 0 aromatic carbocycles. The molecule has 0 saturated carbocycles. The van der Waals surface area contributed by atoms with Gasteiger partial charge in [0.15, 0.2) is 0 Å². The van der Waals surface area contributed by atoms with E-state index < -0.39 is 9.05 Å². The molecule has 0 amide bonds. The van der Waals surface area contributed by atoms with E-state index in [-0.39, 0.29) is 94.9 Å². The second kappa shape index (κ2) is 7.23. The summed E-state index contributed by atoms with van der Waals surface area (Å²) < 4.78 is 0. The van der Waals surface area contributed by atoms with Crippen molar-refractivity contribution in [2.75, 3.05) is 0 Å². The van der Waals surface area contributed by atoms with Crippen LogP contribution in [0.1, 0.15) is 0 Å². The van der Waals surface area contributed by atoms with Crippen molar-refractivity contribution in [3.05, 3.63) is 0 Å². The first-order valence-electron chi connectivity index (χ1n) is 0.816. The van der Waals surface area contributed by atoms with Crippen LogP contribution in [-0.2, 0) is 0 Å². The Labute approximate surface area is 120 Å². The molecule has 0 bridgehead atoms. The van der Waals surface area contributed by atoms with Crippen LogP contribution in [0.3, 0.4) is 0 Å². The Morgan fingerprint density at radius 3 is 0.857 bits per heavy atom. The molecular formula is EuO4SiSr. The van der Waals surface area contributed by atoms with Gasteiger partial charge in [0.1, 0.15) is 0 Å². The first-order chi connectivity index (χ1) is 2.00. The molecule has 0 aliphatic rings. The first-order valence-corrected chi connectivity index (χ1v) is 2.45. The molecule has 4 nitrogen and oxygen atoms in total. The second-order valence-electron chi connectivity index (χ2n) is 0.500. The zero-order chi connectivity index (χ0) is 4.50. The summed E-state index contributed by atoms with van der Waals surface area (Å²) >= 11 is 0. The standard InChI is InChI=1S/Eu.O4Si.Sr/c;1-5(2,3)4;/q+2;-4;+2. The fourth-order valence-electron chi connectivity index (χ4n) is 0. The zero-order valence-corrected chi connectivity index (χ0v) is 10.1. The molecule has 0 spiro atoms. The van der Waals surface area contributed by atoms with E-state index in [2.05, 4.69) is 0 Å². The zero-order valence-electron chi connectivity index (χ0n) is 3.22. The Bertz CT molecular complexity index is 27.2. The van der Waals surface area contributed by atoms with Crippen LogP contribution < -0.4 is 19.2 Å². The third-order valence-corrected chi connectivity index (χ3v) is 0. The molecule has 7 heavy (non-hydrogen) atoms. The van der Waals surface area contributed by atoms with Crippen LogP contribution in [0.25, 0.3) is 0 Å². The van der Waals surface area contributed by atoms with Crippen LogP contribution >= 0.6 is 0 Å². The van der Waals surface area contributed by atoms with Gasteiger partial charge in [-0.1, -0.05) is 0 Å². The Kier molecular flexibility index (Phi) is 17.2. The second-order valence-corrected chi connectivity index (χ2v) is 1.50. The van der Waals surface area contributed by atoms with Crippen molar-refractivity contribution in [2.45, 2.75) is 0 Å². The number of hydrogen-bond donors (Lipinski definition) is 0. The quantitative estimate of drug-likeness (QED) is 0.414. The van der Waals surface area contributed by atoms with Gasteiger partial charge in [0.25, 0.3) is 0 Å². The van der Waals surface area contributed by atoms with Crippen molar-refractivity contribution in [3.8, 4) is 0 Å². The predicted octanol–water partition coefficient (Wildman–Crippen LogP) is -5.52. The molecule has 0 fully saturated rings. The van der Waals surface area contributed by atoms with Crippen molar-refractivity contribution in [1.29, 1.82) is 0 Å². The number of rotatable bonds is 0. The molecular weight excluding hydrogens is 332 g/mol. The van der Waals surface area contributed by atoms with Gasteiger partial charge in [0.05, 0.1) is 0 Å². The maximum absolute atomic E-state index is 8.58. The molecule has 0 aromatic heterocycles. The van der Waals surface area contributed by atoms with Crippen molar-refractivity contribution in [3.63, 3.8) is 0 Å². The molecule has 0 rings (SSSR count). The summed E-state index contributed by atoms with van der Waals surface area (Å²) in [5, 5.41) is 0. The van der Waals surface area contributed by atoms with Crippen LogP contribution in [0.5, 0.6) is 0 Å². The van der Waals surface area contributed by atoms with E-state index in [4.69, 9.17) is 19.2 Å². The summed E-state index contributed by atoms with van der Waals surface area (Å²) in [5.41, 5.74) is 0. The van der Waals surface area contributed by atoms with Gasteiger partial charge >= 0.3 is 94.9 Å². The third-order valence-electron chi connectivity index (χ3n) is 0. The van der Waals surface area contributed by atoms with Gasteiger partial charge < -0.3 is 28.2 Å². The summed E-state index contributed by atoms with van der Waals surface area (Å²) in [4.78, 5) is 34.3. The number of hydrogen-bond acceptors (Lipinski definition) is 4. The molecule has 37 valence electrons. The summed E-state index contributed by atoms with van der Waals surface area (Å²) in [7, 11) is -5.61. The maximum atomic E-state index is 8.58. The van der Waals surface area contributed by atoms with Gasteiger partial charge in [-0.3, -0.25) is 0 Å². The molecule has 0 aromatic rings. The van der Waals surface area contributed by atoms with Crippen LogP contribution in [0.4, 0.5) is 0 Å². The molecule has 0 atom stereocenters. The molecule has 0 N–H and O–H groups in total. The van der Waals surface area contributed by atoms with E-state index in [1.54, 1.807) is 0 Å². The average molecular weight is 332 g/mol. The van der Waals surface area contributed by atoms with Crippen molar-refractivity contribution in [1.82, 2.24) is 0 Å². The summed E-state index contributed by atoms with van der Waals surface area (Å²) in [6.45, 7) is 0. The van der Waals surface area contributed by atoms with Gasteiger partial charge in [-0.25, -0.2) is 0 Å². The van der Waals surface area contributed by atoms with Gasteiger partial charge in [0, 0.05) is 0 Å². The molecule has 0 aliphatic heterocycles. The minimum atomic E-state index is -5.61. The van der Waals surface area contributed by atoms with Crippen LogP contribution in [0.15, 0.2) is 0 Å². The van der Waals surface area contributed by atoms with E-state index in [1.807, 2.05) is 0 Å². The third kappa shape index (κ3) is 47.5. The first kappa shape index (κ1) is 16.6. The average Bonchev–Trinajstić information content (AvgIpc) is 0.722. The largest absolute Gasteiger partial charge is 2.00 e. The van der Waals surface area contributed by atoms with Crippen molar-refractivity contribution in [2.24, 2.45) is 0 Å². The smallest absolute Gasteiger partial charge is 0.894 e. The summed E-state index contributed by atoms with van der Waals surface area (Å²) in [5.74, 6) is 0. The van der Waals surface area contributed by atoms with E-state index in [0.717, 1.165) is 0 Å². The normalized spacial score (nSPS) is 8.57.